The molecule has 2 aromatic heterocycles. The lowest BCUT2D eigenvalue weighted by Crippen LogP contribution is -2.24. The van der Waals surface area contributed by atoms with E-state index in [0.29, 0.717) is 27.6 Å². The first-order chi connectivity index (χ1) is 17.6. The zero-order valence-electron chi connectivity index (χ0n) is 18.8. The van der Waals surface area contributed by atoms with Crippen molar-refractivity contribution in [1.29, 1.82) is 0 Å². The first-order valence-electron chi connectivity index (χ1n) is 11.0. The summed E-state index contributed by atoms with van der Waals surface area (Å²) < 4.78 is 12.6. The molecule has 0 aliphatic rings. The average Bonchev–Trinajstić information content (AvgIpc) is 3.32. The number of hydrogen-bond acceptors (Lipinski definition) is 6. The van der Waals surface area contributed by atoms with E-state index in [2.05, 4.69) is 15.6 Å². The van der Waals surface area contributed by atoms with Crippen molar-refractivity contribution in [2.24, 2.45) is 5.10 Å². The SMILES string of the molecule is O=C(COc1ccc(Cl)cc1)NN=Cc1cn(-c2ccccc2)nc1-c1cc2ccccc2oc1=O. The Morgan fingerprint density at radius 3 is 2.61 bits per heavy atom. The lowest BCUT2D eigenvalue weighted by atomic mass is 10.1. The molecule has 8 nitrogen and oxygen atoms in total. The summed E-state index contributed by atoms with van der Waals surface area (Å²) in [7, 11) is 0. The molecule has 178 valence electrons. The molecule has 1 N–H and O–H groups in total. The van der Waals surface area contributed by atoms with Gasteiger partial charge in [0.2, 0.25) is 0 Å². The molecule has 3 aromatic carbocycles. The van der Waals surface area contributed by atoms with Gasteiger partial charge in [0.15, 0.2) is 6.61 Å². The Hall–Kier alpha value is -4.69. The van der Waals surface area contributed by atoms with Crippen LogP contribution in [0, 0.1) is 0 Å². The summed E-state index contributed by atoms with van der Waals surface area (Å²) in [6.45, 7) is -0.233. The van der Waals surface area contributed by atoms with Crippen LogP contribution in [0.2, 0.25) is 5.02 Å². The fraction of sp³-hybridized carbons (Fsp3) is 0.0370. The van der Waals surface area contributed by atoms with Crippen LogP contribution in [0.1, 0.15) is 5.56 Å². The van der Waals surface area contributed by atoms with Gasteiger partial charge in [-0.1, -0.05) is 48.0 Å². The van der Waals surface area contributed by atoms with Gasteiger partial charge in [-0.05, 0) is 48.5 Å². The number of ether oxygens (including phenoxy) is 1. The standard InChI is InChI=1S/C27H19ClN4O4/c28-20-10-12-22(13-11-20)35-17-25(33)30-29-15-19-16-32(21-7-2-1-3-8-21)31-26(19)23-14-18-6-4-5-9-24(18)36-27(23)34/h1-16H,17H2,(H,30,33). The number of fused-ring (bicyclic) bond motifs is 1. The topological polar surface area (TPSA) is 98.7 Å². The second-order valence-corrected chi connectivity index (χ2v) is 8.17. The van der Waals surface area contributed by atoms with E-state index >= 15 is 0 Å². The van der Waals surface area contributed by atoms with Gasteiger partial charge in [0.1, 0.15) is 17.0 Å². The lowest BCUT2D eigenvalue weighted by molar-refractivity contribution is -0.123. The van der Waals surface area contributed by atoms with Crippen molar-refractivity contribution >= 4 is 34.7 Å². The number of amides is 1. The molecule has 2 heterocycles. The largest absolute Gasteiger partial charge is 0.484 e. The number of hydrogen-bond donors (Lipinski definition) is 1. The Morgan fingerprint density at radius 2 is 1.81 bits per heavy atom. The third-order valence-corrected chi connectivity index (χ3v) is 5.49. The van der Waals surface area contributed by atoms with Crippen LogP contribution in [0.4, 0.5) is 0 Å². The first-order valence-corrected chi connectivity index (χ1v) is 11.3. The molecule has 0 radical (unpaired) electrons. The van der Waals surface area contributed by atoms with Gasteiger partial charge < -0.3 is 9.15 Å². The van der Waals surface area contributed by atoms with Crippen LogP contribution in [-0.4, -0.2) is 28.5 Å². The number of halogens is 1. The normalized spacial score (nSPS) is 11.1. The lowest BCUT2D eigenvalue weighted by Gasteiger charge is -2.04. The van der Waals surface area contributed by atoms with Crippen molar-refractivity contribution in [2.75, 3.05) is 6.61 Å². The fourth-order valence-electron chi connectivity index (χ4n) is 3.52. The summed E-state index contributed by atoms with van der Waals surface area (Å²) in [4.78, 5) is 25.0. The van der Waals surface area contributed by atoms with Gasteiger partial charge in [0.25, 0.3) is 5.91 Å². The highest BCUT2D eigenvalue weighted by Crippen LogP contribution is 2.23. The molecule has 0 saturated carbocycles. The van der Waals surface area contributed by atoms with Crippen LogP contribution >= 0.6 is 11.6 Å². The van der Waals surface area contributed by atoms with Gasteiger partial charge in [0.05, 0.1) is 17.5 Å². The van der Waals surface area contributed by atoms with Crippen LogP contribution in [0.3, 0.4) is 0 Å². The fourth-order valence-corrected chi connectivity index (χ4v) is 3.64. The molecule has 1 amide bonds. The molecule has 0 aliphatic carbocycles. The zero-order chi connectivity index (χ0) is 24.9. The van der Waals surface area contributed by atoms with Gasteiger partial charge in [-0.3, -0.25) is 4.79 Å². The number of rotatable bonds is 7. The van der Waals surface area contributed by atoms with Crippen LogP contribution in [0.15, 0.2) is 105 Å². The molecule has 0 fully saturated rings. The summed E-state index contributed by atoms with van der Waals surface area (Å²) >= 11 is 5.85. The van der Waals surface area contributed by atoms with Crippen molar-refractivity contribution in [2.45, 2.75) is 0 Å². The van der Waals surface area contributed by atoms with Crippen molar-refractivity contribution in [3.63, 3.8) is 0 Å². The predicted octanol–water partition coefficient (Wildman–Crippen LogP) is 4.83. The van der Waals surface area contributed by atoms with E-state index in [-0.39, 0.29) is 12.2 Å². The second kappa shape index (κ2) is 10.3. The Labute approximate surface area is 210 Å². The highest BCUT2D eigenvalue weighted by Gasteiger charge is 2.16. The molecular weight excluding hydrogens is 480 g/mol. The zero-order valence-corrected chi connectivity index (χ0v) is 19.6. The molecular formula is C27H19ClN4O4. The number of carbonyl (C=O) groups excluding carboxylic acids is 1. The maximum Gasteiger partial charge on any atom is 0.345 e. The highest BCUT2D eigenvalue weighted by atomic mass is 35.5. The Balaban J connectivity index is 1.41. The summed E-state index contributed by atoms with van der Waals surface area (Å²) in [6.07, 6.45) is 3.15. The molecule has 5 rings (SSSR count). The van der Waals surface area contributed by atoms with E-state index in [4.69, 9.17) is 20.8 Å². The monoisotopic (exact) mass is 498 g/mol. The number of nitrogens with one attached hydrogen (secondary N) is 1. The smallest absolute Gasteiger partial charge is 0.345 e. The van der Waals surface area contributed by atoms with E-state index in [9.17, 15) is 9.59 Å². The van der Waals surface area contributed by atoms with Crippen LogP contribution in [0.5, 0.6) is 5.75 Å². The minimum Gasteiger partial charge on any atom is -0.484 e. The number of benzene rings is 3. The van der Waals surface area contributed by atoms with Crippen LogP contribution < -0.4 is 15.8 Å². The van der Waals surface area contributed by atoms with Gasteiger partial charge in [0, 0.05) is 22.2 Å². The van der Waals surface area contributed by atoms with Gasteiger partial charge in [-0.2, -0.15) is 10.2 Å². The van der Waals surface area contributed by atoms with E-state index in [1.165, 1.54) is 6.21 Å². The average molecular weight is 499 g/mol. The Kier molecular flexibility index (Phi) is 6.59. The Bertz CT molecular complexity index is 1610. The maximum absolute atomic E-state index is 12.8. The van der Waals surface area contributed by atoms with E-state index in [1.54, 1.807) is 53.3 Å². The molecule has 36 heavy (non-hydrogen) atoms. The summed E-state index contributed by atoms with van der Waals surface area (Å²) in [6, 6.07) is 25.1. The molecule has 9 heteroatoms. The molecule has 0 spiro atoms. The van der Waals surface area contributed by atoms with Crippen LogP contribution in [-0.2, 0) is 4.79 Å². The second-order valence-electron chi connectivity index (χ2n) is 7.73. The number of aromatic nitrogens is 2. The summed E-state index contributed by atoms with van der Waals surface area (Å²) in [5.41, 5.74) is 4.34. The third kappa shape index (κ3) is 5.18. The molecule has 0 bridgehead atoms. The first kappa shape index (κ1) is 23.1. The number of nitrogens with zero attached hydrogens (tertiary/aromatic N) is 3. The van der Waals surface area contributed by atoms with Crippen molar-refractivity contribution < 1.29 is 13.9 Å². The van der Waals surface area contributed by atoms with Crippen LogP contribution in [0.25, 0.3) is 27.9 Å². The quantitative estimate of drug-likeness (QED) is 0.197. The minimum absolute atomic E-state index is 0.233. The minimum atomic E-state index is -0.526. The van der Waals surface area contributed by atoms with E-state index in [0.717, 1.165) is 11.1 Å². The van der Waals surface area contributed by atoms with Gasteiger partial charge in [-0.25, -0.2) is 14.9 Å². The molecule has 0 saturated heterocycles. The number of carbonyl (C=O) groups is 1. The van der Waals surface area contributed by atoms with Gasteiger partial charge in [-0.15, -0.1) is 0 Å². The molecule has 5 aromatic rings. The number of hydrazone groups is 1. The molecule has 0 aliphatic heterocycles. The van der Waals surface area contributed by atoms with E-state index < -0.39 is 11.5 Å². The number of para-hydroxylation sites is 2. The Morgan fingerprint density at radius 1 is 1.06 bits per heavy atom. The van der Waals surface area contributed by atoms with Gasteiger partial charge >= 0.3 is 5.63 Å². The van der Waals surface area contributed by atoms with Crippen molar-refractivity contribution in [3.8, 4) is 22.7 Å². The summed E-state index contributed by atoms with van der Waals surface area (Å²) in [5.74, 6) is 0.0522. The van der Waals surface area contributed by atoms with E-state index in [1.807, 2.05) is 42.5 Å². The molecule has 0 atom stereocenters. The predicted molar refractivity (Wildman–Crippen MR) is 138 cm³/mol. The maximum atomic E-state index is 12.8. The summed E-state index contributed by atoms with van der Waals surface area (Å²) in [5, 5.41) is 9.99. The van der Waals surface area contributed by atoms with Crippen molar-refractivity contribution in [1.82, 2.24) is 15.2 Å². The highest BCUT2D eigenvalue weighted by molar-refractivity contribution is 6.30. The van der Waals surface area contributed by atoms with Crippen molar-refractivity contribution in [3.05, 3.63) is 112 Å². The molecule has 0 unspecified atom stereocenters. The third-order valence-electron chi connectivity index (χ3n) is 5.24.